The molecule has 0 atom stereocenters. The van der Waals surface area contributed by atoms with Crippen molar-refractivity contribution in [3.8, 4) is 0 Å². The van der Waals surface area contributed by atoms with Gasteiger partial charge in [0.1, 0.15) is 0 Å². The van der Waals surface area contributed by atoms with Crippen molar-refractivity contribution in [2.45, 2.75) is 13.3 Å². The maximum atomic E-state index is 10.3. The number of rotatable bonds is 3. The molecule has 0 fully saturated rings. The lowest BCUT2D eigenvalue weighted by Crippen LogP contribution is -2.05. The van der Waals surface area contributed by atoms with Gasteiger partial charge in [0.05, 0.1) is 6.61 Å². The summed E-state index contributed by atoms with van der Waals surface area (Å²) in [5, 5.41) is 0. The molecule has 0 rings (SSSR count). The molecule has 0 aromatic heterocycles. The van der Waals surface area contributed by atoms with Crippen LogP contribution in [-0.2, 0) is 13.8 Å². The Morgan fingerprint density at radius 1 is 1.55 bits per heavy atom. The zero-order valence-electron chi connectivity index (χ0n) is 5.89. The van der Waals surface area contributed by atoms with Crippen LogP contribution in [0.1, 0.15) is 13.3 Å². The Labute approximate surface area is 63.4 Å². The van der Waals surface area contributed by atoms with Crippen LogP contribution in [0.25, 0.3) is 0 Å². The van der Waals surface area contributed by atoms with Crippen LogP contribution < -0.4 is 0 Å². The molecule has 0 bridgehead atoms. The van der Waals surface area contributed by atoms with Gasteiger partial charge in [-0.15, -0.1) is 0 Å². The number of phosphoric ester groups is 1. The fraction of sp³-hybridized carbons (Fsp3) is 0.750. The predicted octanol–water partition coefficient (Wildman–Crippen LogP) is 0.642. The average molecular weight is 184 g/mol. The summed E-state index contributed by atoms with van der Waals surface area (Å²) in [7, 11) is -4.74. The van der Waals surface area contributed by atoms with Gasteiger partial charge >= 0.3 is 14.0 Å². The summed E-state index contributed by atoms with van der Waals surface area (Å²) >= 11 is 0. The van der Waals surface area contributed by atoms with E-state index in [2.05, 4.69) is 9.26 Å². The van der Waals surface area contributed by atoms with Gasteiger partial charge < -0.3 is 9.26 Å². The SMILES string of the molecule is CCCOC(=O)OP(=O)(O)O. The molecule has 6 nitrogen and oxygen atoms in total. The second-order valence-corrected chi connectivity index (χ2v) is 2.84. The summed E-state index contributed by atoms with van der Waals surface area (Å²) in [5.74, 6) is 0. The molecule has 0 aromatic rings. The smallest absolute Gasteiger partial charge is 0.434 e. The van der Waals surface area contributed by atoms with Crippen molar-refractivity contribution in [3.63, 3.8) is 0 Å². The van der Waals surface area contributed by atoms with E-state index >= 15 is 0 Å². The van der Waals surface area contributed by atoms with Crippen molar-refractivity contribution in [1.82, 2.24) is 0 Å². The van der Waals surface area contributed by atoms with Gasteiger partial charge in [-0.3, -0.25) is 9.79 Å². The maximum Gasteiger partial charge on any atom is 0.529 e. The minimum atomic E-state index is -4.74. The Kier molecular flexibility index (Phi) is 4.10. The van der Waals surface area contributed by atoms with Gasteiger partial charge in [-0.25, -0.2) is 9.36 Å². The molecule has 7 heteroatoms. The Morgan fingerprint density at radius 3 is 2.45 bits per heavy atom. The van der Waals surface area contributed by atoms with E-state index in [9.17, 15) is 9.36 Å². The van der Waals surface area contributed by atoms with E-state index in [1.165, 1.54) is 0 Å². The predicted molar refractivity (Wildman–Crippen MR) is 34.8 cm³/mol. The standard InChI is InChI=1S/C4H9O6P/c1-2-3-9-4(5)10-11(6,7)8/h2-3H2,1H3,(H2,6,7,8). The van der Waals surface area contributed by atoms with Crippen molar-refractivity contribution in [2.75, 3.05) is 6.61 Å². The molecule has 0 amide bonds. The van der Waals surface area contributed by atoms with Crippen LogP contribution in [0.5, 0.6) is 0 Å². The topological polar surface area (TPSA) is 93.1 Å². The highest BCUT2D eigenvalue weighted by molar-refractivity contribution is 7.46. The third-order valence-corrected chi connectivity index (χ3v) is 1.00. The quantitative estimate of drug-likeness (QED) is 0.493. The molecule has 0 heterocycles. The molecular formula is C4H9O6P. The number of ether oxygens (including phenoxy) is 1. The van der Waals surface area contributed by atoms with E-state index in [0.717, 1.165) is 0 Å². The summed E-state index contributed by atoms with van der Waals surface area (Å²) in [6.45, 7) is 1.82. The lowest BCUT2D eigenvalue weighted by atomic mass is 10.5. The van der Waals surface area contributed by atoms with E-state index in [-0.39, 0.29) is 6.61 Å². The number of carbonyl (C=O) groups is 1. The summed E-state index contributed by atoms with van der Waals surface area (Å²) in [6.07, 6.45) is -0.781. The number of carbonyl (C=O) groups excluding carboxylic acids is 1. The number of phosphoric acid groups is 1. The van der Waals surface area contributed by atoms with Gasteiger partial charge in [0.2, 0.25) is 0 Å². The van der Waals surface area contributed by atoms with Crippen LogP contribution in [0.15, 0.2) is 0 Å². The van der Waals surface area contributed by atoms with Crippen molar-refractivity contribution >= 4 is 14.0 Å². The molecule has 66 valence electrons. The van der Waals surface area contributed by atoms with E-state index in [1.54, 1.807) is 6.92 Å². The van der Waals surface area contributed by atoms with Gasteiger partial charge in [0, 0.05) is 0 Å². The highest BCUT2D eigenvalue weighted by atomic mass is 31.2. The van der Waals surface area contributed by atoms with E-state index < -0.39 is 14.0 Å². The van der Waals surface area contributed by atoms with Gasteiger partial charge in [-0.05, 0) is 6.42 Å². The summed E-state index contributed by atoms with van der Waals surface area (Å²) in [5.41, 5.74) is 0. The van der Waals surface area contributed by atoms with E-state index in [0.29, 0.717) is 6.42 Å². The third-order valence-electron chi connectivity index (χ3n) is 0.617. The molecule has 0 aliphatic rings. The average Bonchev–Trinajstić information content (AvgIpc) is 1.79. The molecular weight excluding hydrogens is 175 g/mol. The van der Waals surface area contributed by atoms with Crippen molar-refractivity contribution in [3.05, 3.63) is 0 Å². The monoisotopic (exact) mass is 184 g/mol. The fourth-order valence-electron chi connectivity index (χ4n) is 0.309. The van der Waals surface area contributed by atoms with Gasteiger partial charge in [-0.2, -0.15) is 0 Å². The normalized spacial score (nSPS) is 10.8. The van der Waals surface area contributed by atoms with Crippen LogP contribution in [0, 0.1) is 0 Å². The molecule has 0 spiro atoms. The summed E-state index contributed by atoms with van der Waals surface area (Å²) in [4.78, 5) is 26.4. The highest BCUT2D eigenvalue weighted by Gasteiger charge is 2.20. The molecule has 0 saturated heterocycles. The van der Waals surface area contributed by atoms with Crippen LogP contribution >= 0.6 is 7.82 Å². The maximum absolute atomic E-state index is 10.3. The summed E-state index contributed by atoms with van der Waals surface area (Å²) in [6, 6.07) is 0. The minimum absolute atomic E-state index is 0.0822. The summed E-state index contributed by atoms with van der Waals surface area (Å²) < 4.78 is 17.7. The molecule has 0 aliphatic heterocycles. The molecule has 0 saturated carbocycles. The Bertz CT molecular complexity index is 171. The molecule has 0 unspecified atom stereocenters. The van der Waals surface area contributed by atoms with Crippen LogP contribution in [-0.4, -0.2) is 22.5 Å². The van der Waals surface area contributed by atoms with Crippen molar-refractivity contribution in [2.24, 2.45) is 0 Å². The number of hydrogen-bond donors (Lipinski definition) is 2. The largest absolute Gasteiger partial charge is 0.529 e. The van der Waals surface area contributed by atoms with Gasteiger partial charge in [0.15, 0.2) is 0 Å². The Hall–Kier alpha value is -0.580. The second kappa shape index (κ2) is 4.33. The van der Waals surface area contributed by atoms with Crippen molar-refractivity contribution in [1.29, 1.82) is 0 Å². The van der Waals surface area contributed by atoms with Crippen LogP contribution in [0.2, 0.25) is 0 Å². The molecule has 0 radical (unpaired) electrons. The van der Waals surface area contributed by atoms with Gasteiger partial charge in [-0.1, -0.05) is 6.92 Å². The number of hydrogen-bond acceptors (Lipinski definition) is 4. The zero-order valence-corrected chi connectivity index (χ0v) is 6.78. The molecule has 0 aromatic carbocycles. The first-order chi connectivity index (χ1) is 4.95. The van der Waals surface area contributed by atoms with E-state index in [1.807, 2.05) is 0 Å². The molecule has 2 N–H and O–H groups in total. The lowest BCUT2D eigenvalue weighted by Gasteiger charge is -2.04. The first-order valence-corrected chi connectivity index (χ1v) is 4.40. The third kappa shape index (κ3) is 7.32. The second-order valence-electron chi connectivity index (χ2n) is 1.68. The Balaban J connectivity index is 3.62. The first kappa shape index (κ1) is 10.4. The molecule has 0 aliphatic carbocycles. The van der Waals surface area contributed by atoms with E-state index in [4.69, 9.17) is 9.79 Å². The fourth-order valence-corrected chi connectivity index (χ4v) is 0.556. The zero-order chi connectivity index (χ0) is 8.91. The minimum Gasteiger partial charge on any atom is -0.434 e. The highest BCUT2D eigenvalue weighted by Crippen LogP contribution is 2.36. The molecule has 11 heavy (non-hydrogen) atoms. The van der Waals surface area contributed by atoms with Crippen LogP contribution in [0.4, 0.5) is 4.79 Å². The van der Waals surface area contributed by atoms with Gasteiger partial charge in [0.25, 0.3) is 0 Å². The Morgan fingerprint density at radius 2 is 2.09 bits per heavy atom. The van der Waals surface area contributed by atoms with Crippen molar-refractivity contribution < 1.29 is 28.4 Å². The first-order valence-electron chi connectivity index (χ1n) is 2.87. The lowest BCUT2D eigenvalue weighted by molar-refractivity contribution is 0.0863. The van der Waals surface area contributed by atoms with Crippen LogP contribution in [0.3, 0.4) is 0 Å².